The van der Waals surface area contributed by atoms with E-state index in [2.05, 4.69) is 26.4 Å². The highest BCUT2D eigenvalue weighted by molar-refractivity contribution is 7.17. The second-order valence-corrected chi connectivity index (χ2v) is 9.04. The first kappa shape index (κ1) is 21.7. The van der Waals surface area contributed by atoms with Gasteiger partial charge in [-0.2, -0.15) is 0 Å². The zero-order chi connectivity index (χ0) is 22.9. The summed E-state index contributed by atoms with van der Waals surface area (Å²) in [5.74, 6) is 4.06. The van der Waals surface area contributed by atoms with Crippen molar-refractivity contribution >= 4 is 27.4 Å². The summed E-state index contributed by atoms with van der Waals surface area (Å²) in [4.78, 5) is 15.4. The molecule has 4 heterocycles. The van der Waals surface area contributed by atoms with Crippen LogP contribution in [0.5, 0.6) is 11.5 Å². The number of rotatable bonds is 6. The maximum Gasteiger partial charge on any atom is 0.161 e. The Bertz CT molecular complexity index is 1280. The van der Waals surface area contributed by atoms with Crippen molar-refractivity contribution in [3.8, 4) is 22.6 Å². The Morgan fingerprint density at radius 1 is 1.00 bits per heavy atom. The van der Waals surface area contributed by atoms with Gasteiger partial charge in [0.25, 0.3) is 0 Å². The Morgan fingerprint density at radius 3 is 2.48 bits per heavy atom. The number of nitrogens with zero attached hydrogens (tertiary/aromatic N) is 5. The number of fused-ring (bicyclic) bond motifs is 1. The highest BCUT2D eigenvalue weighted by Crippen LogP contribution is 2.41. The molecule has 3 aromatic heterocycles. The molecule has 0 aliphatic carbocycles. The van der Waals surface area contributed by atoms with Gasteiger partial charge in [0.2, 0.25) is 0 Å². The van der Waals surface area contributed by atoms with E-state index in [1.807, 2.05) is 32.0 Å². The predicted molar refractivity (Wildman–Crippen MR) is 129 cm³/mol. The topological polar surface area (TPSA) is 76.8 Å². The molecule has 4 aromatic rings. The van der Waals surface area contributed by atoms with E-state index in [0.29, 0.717) is 11.5 Å². The van der Waals surface area contributed by atoms with Gasteiger partial charge in [0.1, 0.15) is 22.2 Å². The highest BCUT2D eigenvalue weighted by Gasteiger charge is 2.24. The third-order valence-electron chi connectivity index (χ3n) is 5.96. The molecule has 0 unspecified atom stereocenters. The number of hydrogen-bond acceptors (Lipinski definition) is 9. The van der Waals surface area contributed by atoms with Gasteiger partial charge in [-0.15, -0.1) is 11.3 Å². The van der Waals surface area contributed by atoms with Crippen molar-refractivity contribution in [2.24, 2.45) is 0 Å². The first-order valence-corrected chi connectivity index (χ1v) is 11.8. The molecule has 5 rings (SSSR count). The number of hydrogen-bond donors (Lipinski definition) is 0. The van der Waals surface area contributed by atoms with Crippen molar-refractivity contribution in [3.05, 3.63) is 46.9 Å². The van der Waals surface area contributed by atoms with Crippen molar-refractivity contribution in [2.75, 3.05) is 45.3 Å². The summed E-state index contributed by atoms with van der Waals surface area (Å²) in [6.45, 7) is 8.35. The first-order chi connectivity index (χ1) is 16.1. The van der Waals surface area contributed by atoms with Crippen LogP contribution in [0.25, 0.3) is 21.3 Å². The molecule has 33 heavy (non-hydrogen) atoms. The number of ether oxygens (including phenoxy) is 2. The fraction of sp³-hybridized carbons (Fsp3) is 0.375. The quantitative estimate of drug-likeness (QED) is 0.417. The van der Waals surface area contributed by atoms with Crippen molar-refractivity contribution in [3.63, 3.8) is 0 Å². The minimum absolute atomic E-state index is 0.709. The summed E-state index contributed by atoms with van der Waals surface area (Å²) in [7, 11) is 3.31. The zero-order valence-corrected chi connectivity index (χ0v) is 20.1. The zero-order valence-electron chi connectivity index (χ0n) is 19.3. The summed E-state index contributed by atoms with van der Waals surface area (Å²) in [5, 5.41) is 7.39. The van der Waals surface area contributed by atoms with Crippen molar-refractivity contribution in [1.82, 2.24) is 20.0 Å². The van der Waals surface area contributed by atoms with E-state index in [4.69, 9.17) is 24.0 Å². The number of aromatic nitrogens is 3. The van der Waals surface area contributed by atoms with Gasteiger partial charge in [0.05, 0.1) is 25.3 Å². The summed E-state index contributed by atoms with van der Waals surface area (Å²) < 4.78 is 16.2. The fourth-order valence-corrected chi connectivity index (χ4v) is 5.30. The lowest BCUT2D eigenvalue weighted by atomic mass is 10.0. The van der Waals surface area contributed by atoms with Crippen molar-refractivity contribution in [1.29, 1.82) is 0 Å². The SMILES string of the molecule is COc1ccc(-c2csc3nc(C)nc(N4CCN(Cc5cc(C)on5)CC4)c23)cc1OC. The normalized spacial score (nSPS) is 14.7. The Balaban J connectivity index is 1.45. The molecule has 0 atom stereocenters. The Hall–Kier alpha value is -3.17. The molecule has 9 heteroatoms. The fourth-order valence-electron chi connectivity index (χ4n) is 4.31. The van der Waals surface area contributed by atoms with Crippen LogP contribution in [0.4, 0.5) is 5.82 Å². The highest BCUT2D eigenvalue weighted by atomic mass is 32.1. The van der Waals surface area contributed by atoms with Gasteiger partial charge < -0.3 is 18.9 Å². The van der Waals surface area contributed by atoms with Crippen LogP contribution in [0.1, 0.15) is 17.3 Å². The van der Waals surface area contributed by atoms with E-state index in [0.717, 1.165) is 77.2 Å². The van der Waals surface area contributed by atoms with E-state index in [1.165, 1.54) is 0 Å². The molecular formula is C24H27N5O3S. The first-order valence-electron chi connectivity index (χ1n) is 10.9. The van der Waals surface area contributed by atoms with Crippen LogP contribution in [0.2, 0.25) is 0 Å². The Labute approximate surface area is 196 Å². The molecule has 1 aromatic carbocycles. The second kappa shape index (κ2) is 8.99. The van der Waals surface area contributed by atoms with Gasteiger partial charge in [0, 0.05) is 49.7 Å². The molecule has 0 N–H and O–H groups in total. The smallest absolute Gasteiger partial charge is 0.161 e. The average Bonchev–Trinajstić information content (AvgIpc) is 3.44. The number of benzene rings is 1. The molecule has 1 aliphatic rings. The van der Waals surface area contributed by atoms with E-state index >= 15 is 0 Å². The number of thiophene rings is 1. The Kier molecular flexibility index (Phi) is 5.90. The van der Waals surface area contributed by atoms with Crippen LogP contribution >= 0.6 is 11.3 Å². The summed E-state index contributed by atoms with van der Waals surface area (Å²) in [5.41, 5.74) is 3.16. The summed E-state index contributed by atoms with van der Waals surface area (Å²) in [6, 6.07) is 8.02. The molecule has 0 radical (unpaired) electrons. The van der Waals surface area contributed by atoms with E-state index in [1.54, 1.807) is 25.6 Å². The minimum atomic E-state index is 0.709. The number of piperazine rings is 1. The van der Waals surface area contributed by atoms with Crippen molar-refractivity contribution in [2.45, 2.75) is 20.4 Å². The lowest BCUT2D eigenvalue weighted by molar-refractivity contribution is 0.241. The molecule has 8 nitrogen and oxygen atoms in total. The van der Waals surface area contributed by atoms with Crippen LogP contribution in [-0.4, -0.2) is 60.4 Å². The number of methoxy groups -OCH3 is 2. The number of anilines is 1. The molecule has 1 saturated heterocycles. The van der Waals surface area contributed by atoms with Gasteiger partial charge in [-0.25, -0.2) is 9.97 Å². The Morgan fingerprint density at radius 2 is 1.79 bits per heavy atom. The largest absolute Gasteiger partial charge is 0.493 e. The van der Waals surface area contributed by atoms with Gasteiger partial charge >= 0.3 is 0 Å². The lowest BCUT2D eigenvalue weighted by Crippen LogP contribution is -2.46. The van der Waals surface area contributed by atoms with Gasteiger partial charge in [-0.3, -0.25) is 4.90 Å². The molecule has 172 valence electrons. The molecular weight excluding hydrogens is 438 g/mol. The summed E-state index contributed by atoms with van der Waals surface area (Å²) >= 11 is 1.65. The molecule has 1 aliphatic heterocycles. The number of aryl methyl sites for hydroxylation is 2. The van der Waals surface area contributed by atoms with Gasteiger partial charge in [-0.1, -0.05) is 11.2 Å². The van der Waals surface area contributed by atoms with E-state index < -0.39 is 0 Å². The predicted octanol–water partition coefficient (Wildman–Crippen LogP) is 4.30. The molecule has 1 fully saturated rings. The maximum absolute atomic E-state index is 5.53. The van der Waals surface area contributed by atoms with Gasteiger partial charge in [-0.05, 0) is 31.5 Å². The van der Waals surface area contributed by atoms with E-state index in [-0.39, 0.29) is 0 Å². The molecule has 0 bridgehead atoms. The van der Waals surface area contributed by atoms with E-state index in [9.17, 15) is 0 Å². The van der Waals surface area contributed by atoms with Crippen LogP contribution < -0.4 is 14.4 Å². The second-order valence-electron chi connectivity index (χ2n) is 8.19. The van der Waals surface area contributed by atoms with Crippen molar-refractivity contribution < 1.29 is 14.0 Å². The standard InChI is InChI=1S/C24H27N5O3S/c1-15-11-18(27-32-15)13-28-7-9-29(10-8-28)23-22-19(14-33-24(22)26-16(2)25-23)17-5-6-20(30-3)21(12-17)31-4/h5-6,11-12,14H,7-10,13H2,1-4H3. The van der Waals surface area contributed by atoms with Crippen LogP contribution in [0.3, 0.4) is 0 Å². The third-order valence-corrected chi connectivity index (χ3v) is 6.83. The lowest BCUT2D eigenvalue weighted by Gasteiger charge is -2.35. The van der Waals surface area contributed by atoms with Gasteiger partial charge in [0.15, 0.2) is 11.5 Å². The monoisotopic (exact) mass is 465 g/mol. The summed E-state index contributed by atoms with van der Waals surface area (Å²) in [6.07, 6.45) is 0. The molecule has 0 spiro atoms. The third kappa shape index (κ3) is 4.26. The molecule has 0 amide bonds. The minimum Gasteiger partial charge on any atom is -0.493 e. The van der Waals surface area contributed by atoms with Crippen LogP contribution in [-0.2, 0) is 6.54 Å². The average molecular weight is 466 g/mol. The van der Waals surface area contributed by atoms with Crippen LogP contribution in [0, 0.1) is 13.8 Å². The molecule has 0 saturated carbocycles. The maximum atomic E-state index is 5.53. The van der Waals surface area contributed by atoms with Crippen LogP contribution in [0.15, 0.2) is 34.2 Å².